The molecule has 0 radical (unpaired) electrons. The van der Waals surface area contributed by atoms with E-state index >= 15 is 0 Å². The molecule has 11 rings (SSSR count). The Hall–Kier alpha value is -6.94. The number of benzene rings is 9. The lowest BCUT2D eigenvalue weighted by Gasteiger charge is -2.29. The molecule has 0 saturated heterocycles. The van der Waals surface area contributed by atoms with Crippen LogP contribution in [0.1, 0.15) is 0 Å². The van der Waals surface area contributed by atoms with E-state index in [1.807, 2.05) is 11.3 Å². The van der Waals surface area contributed by atoms with Crippen LogP contribution in [0.25, 0.3) is 75.5 Å². The van der Waals surface area contributed by atoms with Crippen molar-refractivity contribution in [3.63, 3.8) is 0 Å². The van der Waals surface area contributed by atoms with Crippen molar-refractivity contribution >= 4 is 59.3 Å². The Kier molecular flexibility index (Phi) is 7.39. The third-order valence-corrected chi connectivity index (χ3v) is 12.1. The van der Waals surface area contributed by atoms with Crippen molar-refractivity contribution in [1.29, 1.82) is 0 Å². The number of hydrogen-bond acceptors (Lipinski definition) is 3. The summed E-state index contributed by atoms with van der Waals surface area (Å²) in [5.41, 5.74) is 12.5. The minimum atomic E-state index is 0.834. The van der Waals surface area contributed by atoms with Crippen molar-refractivity contribution in [2.75, 3.05) is 4.90 Å². The Morgan fingerprint density at radius 1 is 0.382 bits per heavy atom. The number of rotatable bonds is 5. The fraction of sp³-hybridized carbons (Fsp3) is 0. The van der Waals surface area contributed by atoms with E-state index in [1.54, 1.807) is 0 Å². The molecule has 258 valence electrons. The zero-order valence-electron chi connectivity index (χ0n) is 29.8. The lowest BCUT2D eigenvalue weighted by atomic mass is 9.88. The summed E-state index contributed by atoms with van der Waals surface area (Å²) in [6.07, 6.45) is 0. The van der Waals surface area contributed by atoms with Crippen LogP contribution in [-0.4, -0.2) is 0 Å². The van der Waals surface area contributed by atoms with Crippen molar-refractivity contribution in [3.8, 4) is 56.0 Å². The molecule has 1 aliphatic rings. The van der Waals surface area contributed by atoms with Gasteiger partial charge >= 0.3 is 0 Å². The monoisotopic (exact) mass is 719 g/mol. The van der Waals surface area contributed by atoms with Crippen LogP contribution in [0.2, 0.25) is 0 Å². The number of hydrogen-bond donors (Lipinski definition) is 0. The second-order valence-electron chi connectivity index (χ2n) is 14.0. The van der Waals surface area contributed by atoms with Crippen LogP contribution >= 0.6 is 11.3 Å². The molecular formula is C52H33NOS. The number of para-hydroxylation sites is 1. The van der Waals surface area contributed by atoms with Crippen LogP contribution in [-0.2, 0) is 0 Å². The highest BCUT2D eigenvalue weighted by atomic mass is 32.1. The van der Waals surface area contributed by atoms with E-state index in [2.05, 4.69) is 205 Å². The molecule has 0 amide bonds. The maximum Gasteiger partial charge on any atom is 0.135 e. The van der Waals surface area contributed by atoms with Gasteiger partial charge in [0, 0.05) is 37.9 Å². The predicted molar refractivity (Wildman–Crippen MR) is 233 cm³/mol. The molecule has 2 nitrogen and oxygen atoms in total. The predicted octanol–water partition coefficient (Wildman–Crippen LogP) is 15.5. The van der Waals surface area contributed by atoms with Crippen LogP contribution in [0.4, 0.5) is 17.1 Å². The van der Waals surface area contributed by atoms with E-state index in [9.17, 15) is 0 Å². The number of anilines is 3. The highest BCUT2D eigenvalue weighted by Gasteiger charge is 2.27. The quantitative estimate of drug-likeness (QED) is 0.176. The molecule has 0 N–H and O–H groups in total. The number of thiophene rings is 1. The van der Waals surface area contributed by atoms with E-state index in [0.29, 0.717) is 0 Å². The maximum atomic E-state index is 6.97. The maximum absolute atomic E-state index is 6.97. The zero-order valence-corrected chi connectivity index (χ0v) is 30.6. The molecule has 0 atom stereocenters. The molecule has 0 unspecified atom stereocenters. The molecule has 9 aromatic carbocycles. The SMILES string of the molecule is c1ccc(-c2ccc3c(c2)-c2cc(N(c4ccccc4-c4ccccc4)c4cccc5c4sc4ccccc45)ccc2Oc2ccc4ccccc4c2-3)cc1. The molecule has 0 saturated carbocycles. The van der Waals surface area contributed by atoms with Gasteiger partial charge < -0.3 is 9.64 Å². The summed E-state index contributed by atoms with van der Waals surface area (Å²) in [6, 6.07) is 72.1. The van der Waals surface area contributed by atoms with Gasteiger partial charge in [0.05, 0.1) is 16.1 Å². The van der Waals surface area contributed by atoms with Gasteiger partial charge in [0.1, 0.15) is 11.5 Å². The lowest BCUT2D eigenvalue weighted by Crippen LogP contribution is -2.11. The molecule has 10 aromatic rings. The van der Waals surface area contributed by atoms with Gasteiger partial charge in [-0.15, -0.1) is 11.3 Å². The Morgan fingerprint density at radius 3 is 1.95 bits per heavy atom. The molecule has 0 fully saturated rings. The molecule has 3 heteroatoms. The average Bonchev–Trinajstić information content (AvgIpc) is 3.58. The highest BCUT2D eigenvalue weighted by Crippen LogP contribution is 2.53. The smallest absolute Gasteiger partial charge is 0.135 e. The molecule has 1 aromatic heterocycles. The summed E-state index contributed by atoms with van der Waals surface area (Å²) in [4.78, 5) is 2.45. The first kappa shape index (κ1) is 31.6. The fourth-order valence-corrected chi connectivity index (χ4v) is 9.54. The standard InChI is InChI=1S/C52H33NOS/c1-3-14-34(15-4-1)37-26-29-42-44(32-37)45-33-38(28-31-48(45)54-49-30-27-36-18-7-8-20-40(36)51(42)49)53(46-23-11-9-19-39(46)35-16-5-2-6-17-35)47-24-13-22-43-41-21-10-12-25-50(41)55-52(43)47/h1-33H. The van der Waals surface area contributed by atoms with Gasteiger partial charge in [-0.25, -0.2) is 0 Å². The summed E-state index contributed by atoms with van der Waals surface area (Å²) in [7, 11) is 0. The molecule has 0 aliphatic carbocycles. The van der Waals surface area contributed by atoms with Gasteiger partial charge in [-0.05, 0) is 87.1 Å². The first-order valence-corrected chi connectivity index (χ1v) is 19.5. The number of fused-ring (bicyclic) bond motifs is 10. The van der Waals surface area contributed by atoms with Gasteiger partial charge in [0.2, 0.25) is 0 Å². The van der Waals surface area contributed by atoms with Crippen molar-refractivity contribution in [3.05, 3.63) is 200 Å². The first-order valence-electron chi connectivity index (χ1n) is 18.7. The normalized spacial score (nSPS) is 11.8. The minimum Gasteiger partial charge on any atom is -0.456 e. The number of nitrogens with zero attached hydrogens (tertiary/aromatic N) is 1. The Balaban J connectivity index is 1.20. The molecular weight excluding hydrogens is 687 g/mol. The average molecular weight is 720 g/mol. The Labute approximate surface area is 323 Å². The molecule has 0 spiro atoms. The molecule has 2 heterocycles. The molecule has 55 heavy (non-hydrogen) atoms. The molecule has 1 aliphatic heterocycles. The largest absolute Gasteiger partial charge is 0.456 e. The van der Waals surface area contributed by atoms with E-state index in [4.69, 9.17) is 4.74 Å². The van der Waals surface area contributed by atoms with E-state index in [-0.39, 0.29) is 0 Å². The van der Waals surface area contributed by atoms with Gasteiger partial charge in [0.15, 0.2) is 0 Å². The van der Waals surface area contributed by atoms with E-state index in [1.165, 1.54) is 47.6 Å². The summed E-state index contributed by atoms with van der Waals surface area (Å²) in [6.45, 7) is 0. The van der Waals surface area contributed by atoms with Crippen molar-refractivity contribution in [1.82, 2.24) is 0 Å². The zero-order chi connectivity index (χ0) is 36.3. The van der Waals surface area contributed by atoms with Gasteiger partial charge in [-0.1, -0.05) is 152 Å². The van der Waals surface area contributed by atoms with Crippen LogP contribution < -0.4 is 9.64 Å². The van der Waals surface area contributed by atoms with E-state index in [0.717, 1.165) is 56.4 Å². The minimum absolute atomic E-state index is 0.834. The van der Waals surface area contributed by atoms with Gasteiger partial charge in [-0.2, -0.15) is 0 Å². The number of ether oxygens (including phenoxy) is 1. The molecule has 0 bridgehead atoms. The van der Waals surface area contributed by atoms with Crippen LogP contribution in [0.5, 0.6) is 11.5 Å². The van der Waals surface area contributed by atoms with Crippen molar-refractivity contribution < 1.29 is 4.74 Å². The van der Waals surface area contributed by atoms with Crippen LogP contribution in [0, 0.1) is 0 Å². The Morgan fingerprint density at radius 2 is 1.07 bits per heavy atom. The second-order valence-corrected chi connectivity index (χ2v) is 15.1. The highest BCUT2D eigenvalue weighted by molar-refractivity contribution is 7.26. The van der Waals surface area contributed by atoms with Crippen LogP contribution in [0.15, 0.2) is 200 Å². The third-order valence-electron chi connectivity index (χ3n) is 10.9. The lowest BCUT2D eigenvalue weighted by molar-refractivity contribution is 0.488. The first-order chi connectivity index (χ1) is 27.3. The van der Waals surface area contributed by atoms with Crippen LogP contribution in [0.3, 0.4) is 0 Å². The van der Waals surface area contributed by atoms with Gasteiger partial charge in [0.25, 0.3) is 0 Å². The van der Waals surface area contributed by atoms with Gasteiger partial charge in [-0.3, -0.25) is 0 Å². The summed E-state index contributed by atoms with van der Waals surface area (Å²) in [5.74, 6) is 1.70. The third kappa shape index (κ3) is 5.24. The Bertz CT molecular complexity index is 3070. The second kappa shape index (κ2) is 12.9. The van der Waals surface area contributed by atoms with Crippen molar-refractivity contribution in [2.45, 2.75) is 0 Å². The van der Waals surface area contributed by atoms with Crippen molar-refractivity contribution in [2.24, 2.45) is 0 Å². The summed E-state index contributed by atoms with van der Waals surface area (Å²) in [5, 5.41) is 4.91. The topological polar surface area (TPSA) is 12.5 Å². The summed E-state index contributed by atoms with van der Waals surface area (Å²) < 4.78 is 9.51. The van der Waals surface area contributed by atoms with E-state index < -0.39 is 0 Å². The summed E-state index contributed by atoms with van der Waals surface area (Å²) >= 11 is 1.85. The fourth-order valence-electron chi connectivity index (χ4n) is 8.33.